The first-order chi connectivity index (χ1) is 11.6. The van der Waals surface area contributed by atoms with Gasteiger partial charge in [0.2, 0.25) is 0 Å². The van der Waals surface area contributed by atoms with Crippen LogP contribution in [0, 0.1) is 5.82 Å². The third-order valence-electron chi connectivity index (χ3n) is 3.58. The molecule has 1 atom stereocenters. The predicted octanol–water partition coefficient (Wildman–Crippen LogP) is 3.39. The van der Waals surface area contributed by atoms with Gasteiger partial charge in [0.1, 0.15) is 17.7 Å². The number of imidazole rings is 1. The topological polar surface area (TPSA) is 60.1 Å². The summed E-state index contributed by atoms with van der Waals surface area (Å²) < 4.78 is 20.9. The fraction of sp³-hybridized carbons (Fsp3) is 0.176. The number of rotatable bonds is 5. The van der Waals surface area contributed by atoms with E-state index in [0.717, 1.165) is 0 Å². The smallest absolute Gasteiger partial charge is 0.287 e. The van der Waals surface area contributed by atoms with Crippen molar-refractivity contribution in [2.45, 2.75) is 11.1 Å². The summed E-state index contributed by atoms with van der Waals surface area (Å²) in [4.78, 5) is 16.8. The lowest BCUT2D eigenvalue weighted by atomic mass is 10.1. The Morgan fingerprint density at radius 1 is 1.38 bits per heavy atom. The van der Waals surface area contributed by atoms with Crippen LogP contribution in [-0.2, 0) is 7.05 Å². The molecule has 0 aliphatic heterocycles. The normalized spacial score (nSPS) is 12.1. The van der Waals surface area contributed by atoms with Crippen LogP contribution < -0.4 is 5.32 Å². The zero-order chi connectivity index (χ0) is 17.1. The van der Waals surface area contributed by atoms with Crippen molar-refractivity contribution in [3.8, 4) is 0 Å². The third kappa shape index (κ3) is 3.35. The van der Waals surface area contributed by atoms with Gasteiger partial charge in [0.15, 0.2) is 10.9 Å². The molecule has 0 spiro atoms. The molecule has 0 aliphatic rings. The Morgan fingerprint density at radius 3 is 2.83 bits per heavy atom. The number of amides is 1. The van der Waals surface area contributed by atoms with Gasteiger partial charge in [-0.25, -0.2) is 9.37 Å². The van der Waals surface area contributed by atoms with Crippen LogP contribution in [-0.4, -0.2) is 21.7 Å². The monoisotopic (exact) mass is 345 g/mol. The fourth-order valence-electron chi connectivity index (χ4n) is 2.39. The minimum atomic E-state index is -0.587. The largest absolute Gasteiger partial charge is 0.445 e. The number of hydrogen-bond acceptors (Lipinski definition) is 4. The first-order valence-electron chi connectivity index (χ1n) is 7.26. The molecule has 0 radical (unpaired) electrons. The summed E-state index contributed by atoms with van der Waals surface area (Å²) >= 11 is 1.41. The standard InChI is InChI=1S/C17H16FN3O2S/c1-21-9-8-19-16(21)15(11-4-3-5-12(18)10-11)20-17(22)13-6-7-14(23-13)24-2/h3-10,15H,1-2H3,(H,20,22)/t15-/m1/s1. The van der Waals surface area contributed by atoms with Gasteiger partial charge in [0.05, 0.1) is 0 Å². The van der Waals surface area contributed by atoms with Crippen molar-refractivity contribution < 1.29 is 13.6 Å². The average Bonchev–Trinajstić information content (AvgIpc) is 3.21. The van der Waals surface area contributed by atoms with Crippen LogP contribution in [0.3, 0.4) is 0 Å². The van der Waals surface area contributed by atoms with E-state index < -0.39 is 6.04 Å². The lowest BCUT2D eigenvalue weighted by Crippen LogP contribution is -2.31. The van der Waals surface area contributed by atoms with Crippen LogP contribution >= 0.6 is 11.8 Å². The summed E-state index contributed by atoms with van der Waals surface area (Å²) in [6.07, 6.45) is 5.27. The Hall–Kier alpha value is -2.54. The number of halogens is 1. The van der Waals surface area contributed by atoms with Crippen molar-refractivity contribution in [3.05, 3.63) is 71.8 Å². The van der Waals surface area contributed by atoms with Crippen LogP contribution in [0.1, 0.15) is 28.0 Å². The Labute approximate surface area is 142 Å². The summed E-state index contributed by atoms with van der Waals surface area (Å²) in [6.45, 7) is 0. The number of aryl methyl sites for hydroxylation is 1. The molecule has 3 aromatic rings. The van der Waals surface area contributed by atoms with Crippen molar-refractivity contribution in [1.82, 2.24) is 14.9 Å². The highest BCUT2D eigenvalue weighted by atomic mass is 32.2. The van der Waals surface area contributed by atoms with E-state index in [1.807, 2.05) is 13.3 Å². The highest BCUT2D eigenvalue weighted by Crippen LogP contribution is 2.23. The van der Waals surface area contributed by atoms with Crippen LogP contribution in [0.5, 0.6) is 0 Å². The maximum absolute atomic E-state index is 13.6. The van der Waals surface area contributed by atoms with E-state index in [1.54, 1.807) is 41.2 Å². The van der Waals surface area contributed by atoms with Crippen molar-refractivity contribution >= 4 is 17.7 Å². The molecule has 0 unspecified atom stereocenters. The molecule has 0 aliphatic carbocycles. The number of hydrogen-bond donors (Lipinski definition) is 1. The van der Waals surface area contributed by atoms with Crippen LogP contribution in [0.15, 0.2) is 58.3 Å². The molecule has 1 aromatic carbocycles. The molecule has 1 N–H and O–H groups in total. The van der Waals surface area contributed by atoms with E-state index in [9.17, 15) is 9.18 Å². The van der Waals surface area contributed by atoms with Gasteiger partial charge in [-0.15, -0.1) is 0 Å². The van der Waals surface area contributed by atoms with Gasteiger partial charge in [0, 0.05) is 19.4 Å². The number of nitrogens with one attached hydrogen (secondary N) is 1. The Bertz CT molecular complexity index is 859. The summed E-state index contributed by atoms with van der Waals surface area (Å²) in [7, 11) is 1.82. The van der Waals surface area contributed by atoms with Crippen LogP contribution in [0.2, 0.25) is 0 Å². The van der Waals surface area contributed by atoms with Gasteiger partial charge in [-0.3, -0.25) is 4.79 Å². The first-order valence-corrected chi connectivity index (χ1v) is 8.48. The number of carbonyl (C=O) groups is 1. The summed E-state index contributed by atoms with van der Waals surface area (Å²) in [5, 5.41) is 3.52. The third-order valence-corrected chi connectivity index (χ3v) is 4.20. The molecule has 2 aromatic heterocycles. The molecule has 0 saturated carbocycles. The highest BCUT2D eigenvalue weighted by molar-refractivity contribution is 7.98. The van der Waals surface area contributed by atoms with Gasteiger partial charge in [-0.05, 0) is 36.1 Å². The molecule has 24 heavy (non-hydrogen) atoms. The molecule has 0 fully saturated rings. The van der Waals surface area contributed by atoms with E-state index in [1.165, 1.54) is 23.9 Å². The Balaban J connectivity index is 1.93. The zero-order valence-corrected chi connectivity index (χ0v) is 14.0. The summed E-state index contributed by atoms with van der Waals surface area (Å²) in [5.41, 5.74) is 0.606. The second kappa shape index (κ2) is 6.92. The number of furan rings is 1. The van der Waals surface area contributed by atoms with Crippen molar-refractivity contribution in [2.75, 3.05) is 6.26 Å². The van der Waals surface area contributed by atoms with E-state index in [-0.39, 0.29) is 17.5 Å². The number of benzene rings is 1. The summed E-state index contributed by atoms with van der Waals surface area (Å²) in [5.74, 6) is 0.0525. The number of carbonyl (C=O) groups excluding carboxylic acids is 1. The van der Waals surface area contributed by atoms with Gasteiger partial charge < -0.3 is 14.3 Å². The molecule has 5 nitrogen and oxygen atoms in total. The predicted molar refractivity (Wildman–Crippen MR) is 89.4 cm³/mol. The molecule has 1 amide bonds. The highest BCUT2D eigenvalue weighted by Gasteiger charge is 2.23. The lowest BCUT2D eigenvalue weighted by Gasteiger charge is -2.18. The molecular weight excluding hydrogens is 329 g/mol. The molecule has 0 saturated heterocycles. The minimum absolute atomic E-state index is 0.204. The molecule has 7 heteroatoms. The van der Waals surface area contributed by atoms with Gasteiger partial charge in [0.25, 0.3) is 5.91 Å². The Morgan fingerprint density at radius 2 is 2.21 bits per heavy atom. The molecule has 2 heterocycles. The lowest BCUT2D eigenvalue weighted by molar-refractivity contribution is 0.0908. The molecule has 0 bridgehead atoms. The zero-order valence-electron chi connectivity index (χ0n) is 13.2. The van der Waals surface area contributed by atoms with Gasteiger partial charge in [-0.1, -0.05) is 23.9 Å². The van der Waals surface area contributed by atoms with E-state index >= 15 is 0 Å². The maximum atomic E-state index is 13.6. The van der Waals surface area contributed by atoms with Crippen molar-refractivity contribution in [2.24, 2.45) is 7.05 Å². The minimum Gasteiger partial charge on any atom is -0.445 e. The van der Waals surface area contributed by atoms with E-state index in [4.69, 9.17) is 4.42 Å². The quantitative estimate of drug-likeness (QED) is 0.720. The van der Waals surface area contributed by atoms with Crippen LogP contribution in [0.4, 0.5) is 4.39 Å². The SMILES string of the molecule is CSc1ccc(C(=O)N[C@H](c2cccc(F)c2)c2nccn2C)o1. The van der Waals surface area contributed by atoms with E-state index in [0.29, 0.717) is 16.5 Å². The number of thioether (sulfide) groups is 1. The number of aromatic nitrogens is 2. The first kappa shape index (κ1) is 16.3. The van der Waals surface area contributed by atoms with Gasteiger partial charge >= 0.3 is 0 Å². The number of nitrogens with zero attached hydrogens (tertiary/aromatic N) is 2. The van der Waals surface area contributed by atoms with Crippen LogP contribution in [0.25, 0.3) is 0 Å². The fourth-order valence-corrected chi connectivity index (χ4v) is 2.77. The molecule has 3 rings (SSSR count). The Kier molecular flexibility index (Phi) is 4.71. The summed E-state index contributed by atoms with van der Waals surface area (Å²) in [6, 6.07) is 8.85. The van der Waals surface area contributed by atoms with Gasteiger partial charge in [-0.2, -0.15) is 0 Å². The van der Waals surface area contributed by atoms with Crippen molar-refractivity contribution in [1.29, 1.82) is 0 Å². The maximum Gasteiger partial charge on any atom is 0.287 e. The van der Waals surface area contributed by atoms with Crippen molar-refractivity contribution in [3.63, 3.8) is 0 Å². The average molecular weight is 345 g/mol. The molecule has 124 valence electrons. The van der Waals surface area contributed by atoms with E-state index in [2.05, 4.69) is 10.3 Å². The molecular formula is C17H16FN3O2S. The second-order valence-electron chi connectivity index (χ2n) is 5.18. The second-order valence-corrected chi connectivity index (χ2v) is 5.99.